The molecule has 2 heterocycles. The van der Waals surface area contributed by atoms with E-state index in [-0.39, 0.29) is 6.04 Å². The van der Waals surface area contributed by atoms with Crippen LogP contribution in [0.3, 0.4) is 0 Å². The second-order valence-electron chi connectivity index (χ2n) is 4.43. The predicted octanol–water partition coefficient (Wildman–Crippen LogP) is 2.22. The molecular weight excluding hydrogens is 306 g/mol. The molecule has 104 valence electrons. The van der Waals surface area contributed by atoms with Gasteiger partial charge in [-0.05, 0) is 48.1 Å². The lowest BCUT2D eigenvalue weighted by Crippen LogP contribution is -2.30. The van der Waals surface area contributed by atoms with E-state index >= 15 is 0 Å². The van der Waals surface area contributed by atoms with E-state index in [9.17, 15) is 0 Å². The van der Waals surface area contributed by atoms with Crippen LogP contribution in [0.1, 0.15) is 32.0 Å². The number of hydrogen-bond donors (Lipinski definition) is 1. The van der Waals surface area contributed by atoms with Crippen molar-refractivity contribution in [3.05, 3.63) is 28.6 Å². The van der Waals surface area contributed by atoms with E-state index in [1.54, 1.807) is 10.7 Å². The van der Waals surface area contributed by atoms with Gasteiger partial charge in [-0.25, -0.2) is 9.50 Å². The summed E-state index contributed by atoms with van der Waals surface area (Å²) in [4.78, 5) is 7.11. The quantitative estimate of drug-likeness (QED) is 0.884. The zero-order valence-corrected chi connectivity index (χ0v) is 13.0. The minimum Gasteiger partial charge on any atom is -0.330 e. The molecule has 19 heavy (non-hydrogen) atoms. The molecule has 5 nitrogen and oxygen atoms in total. The molecule has 0 amide bonds. The van der Waals surface area contributed by atoms with E-state index in [0.717, 1.165) is 35.3 Å². The molecule has 0 fully saturated rings. The average molecular weight is 326 g/mol. The van der Waals surface area contributed by atoms with Crippen molar-refractivity contribution in [2.24, 2.45) is 5.73 Å². The molecule has 0 aliphatic carbocycles. The van der Waals surface area contributed by atoms with Gasteiger partial charge in [-0.15, -0.1) is 0 Å². The van der Waals surface area contributed by atoms with Crippen LogP contribution < -0.4 is 5.73 Å². The molecule has 0 aromatic carbocycles. The summed E-state index contributed by atoms with van der Waals surface area (Å²) in [5, 5.41) is 4.22. The maximum absolute atomic E-state index is 5.76. The summed E-state index contributed by atoms with van der Waals surface area (Å²) in [5.74, 6) is 0. The number of aromatic nitrogens is 3. The van der Waals surface area contributed by atoms with Crippen molar-refractivity contribution >= 4 is 21.6 Å². The Kier molecular flexibility index (Phi) is 4.90. The van der Waals surface area contributed by atoms with Crippen LogP contribution in [0, 0.1) is 0 Å². The van der Waals surface area contributed by atoms with Crippen molar-refractivity contribution < 1.29 is 0 Å². The molecule has 2 aromatic rings. The minimum absolute atomic E-state index is 0.270. The second kappa shape index (κ2) is 6.45. The smallest absolute Gasteiger partial charge is 0.169 e. The summed E-state index contributed by atoms with van der Waals surface area (Å²) in [7, 11) is 0. The standard InChI is InChI=1S/C13H20BrN5/c1-3-18(4-2)12(5-7-15)11-6-8-19-13(17-11)10(14)9-16-19/h6,8-9,12H,3-5,7,15H2,1-2H3. The monoisotopic (exact) mass is 325 g/mol. The zero-order valence-electron chi connectivity index (χ0n) is 11.4. The van der Waals surface area contributed by atoms with Crippen LogP contribution in [0.25, 0.3) is 5.65 Å². The topological polar surface area (TPSA) is 59.5 Å². The predicted molar refractivity (Wildman–Crippen MR) is 80.0 cm³/mol. The summed E-state index contributed by atoms with van der Waals surface area (Å²) in [5.41, 5.74) is 7.67. The van der Waals surface area contributed by atoms with Crippen molar-refractivity contribution in [3.8, 4) is 0 Å². The van der Waals surface area contributed by atoms with Gasteiger partial charge >= 0.3 is 0 Å². The highest BCUT2D eigenvalue weighted by Crippen LogP contribution is 2.24. The van der Waals surface area contributed by atoms with Crippen LogP contribution in [-0.4, -0.2) is 39.1 Å². The molecule has 2 aromatic heterocycles. The van der Waals surface area contributed by atoms with Gasteiger partial charge in [0.1, 0.15) is 0 Å². The van der Waals surface area contributed by atoms with Crippen molar-refractivity contribution in [1.82, 2.24) is 19.5 Å². The fourth-order valence-corrected chi connectivity index (χ4v) is 2.74. The summed E-state index contributed by atoms with van der Waals surface area (Å²) in [6, 6.07) is 2.30. The van der Waals surface area contributed by atoms with Crippen LogP contribution in [0.4, 0.5) is 0 Å². The normalized spacial score (nSPS) is 13.3. The molecule has 0 radical (unpaired) electrons. The Morgan fingerprint density at radius 3 is 2.79 bits per heavy atom. The van der Waals surface area contributed by atoms with Gasteiger partial charge in [0.2, 0.25) is 0 Å². The van der Waals surface area contributed by atoms with E-state index in [2.05, 4.69) is 39.8 Å². The lowest BCUT2D eigenvalue weighted by molar-refractivity contribution is 0.206. The molecule has 0 aliphatic heterocycles. The summed E-state index contributed by atoms with van der Waals surface area (Å²) < 4.78 is 2.69. The van der Waals surface area contributed by atoms with Gasteiger partial charge in [-0.2, -0.15) is 5.10 Å². The maximum atomic E-state index is 5.76. The number of halogens is 1. The number of fused-ring (bicyclic) bond motifs is 1. The molecule has 0 saturated heterocycles. The van der Waals surface area contributed by atoms with E-state index < -0.39 is 0 Å². The molecular formula is C13H20BrN5. The third-order valence-corrected chi connectivity index (χ3v) is 3.94. The fraction of sp³-hybridized carbons (Fsp3) is 0.538. The molecule has 1 unspecified atom stereocenters. The van der Waals surface area contributed by atoms with Crippen LogP contribution >= 0.6 is 15.9 Å². The summed E-state index contributed by atoms with van der Waals surface area (Å²) >= 11 is 3.48. The molecule has 0 saturated carbocycles. The highest BCUT2D eigenvalue weighted by Gasteiger charge is 2.19. The Labute approximate surface area is 121 Å². The Bertz CT molecular complexity index is 535. The van der Waals surface area contributed by atoms with Crippen LogP contribution in [0.15, 0.2) is 22.9 Å². The van der Waals surface area contributed by atoms with Crippen molar-refractivity contribution in [2.45, 2.75) is 26.3 Å². The van der Waals surface area contributed by atoms with Crippen LogP contribution in [0.5, 0.6) is 0 Å². The molecule has 0 bridgehead atoms. The van der Waals surface area contributed by atoms with Gasteiger partial charge in [0, 0.05) is 6.20 Å². The van der Waals surface area contributed by atoms with Crippen molar-refractivity contribution in [2.75, 3.05) is 19.6 Å². The average Bonchev–Trinajstić information content (AvgIpc) is 2.80. The second-order valence-corrected chi connectivity index (χ2v) is 5.28. The number of hydrogen-bond acceptors (Lipinski definition) is 4. The molecule has 2 N–H and O–H groups in total. The Balaban J connectivity index is 2.40. The first-order chi connectivity index (χ1) is 9.21. The molecule has 2 rings (SSSR count). The Morgan fingerprint density at radius 2 is 2.16 bits per heavy atom. The number of rotatable bonds is 6. The first-order valence-electron chi connectivity index (χ1n) is 6.65. The van der Waals surface area contributed by atoms with Gasteiger partial charge in [-0.1, -0.05) is 13.8 Å². The van der Waals surface area contributed by atoms with E-state index in [1.807, 2.05) is 12.3 Å². The third-order valence-electron chi connectivity index (χ3n) is 3.38. The van der Waals surface area contributed by atoms with Gasteiger partial charge in [-0.3, -0.25) is 4.90 Å². The molecule has 1 atom stereocenters. The first kappa shape index (κ1) is 14.4. The Morgan fingerprint density at radius 1 is 1.42 bits per heavy atom. The zero-order chi connectivity index (χ0) is 13.8. The maximum Gasteiger partial charge on any atom is 0.169 e. The molecule has 6 heteroatoms. The van der Waals surface area contributed by atoms with Gasteiger partial charge in [0.15, 0.2) is 5.65 Å². The summed E-state index contributed by atoms with van der Waals surface area (Å²) in [6.45, 7) is 6.98. The Hall–Kier alpha value is -0.980. The van der Waals surface area contributed by atoms with Gasteiger partial charge in [0.05, 0.1) is 22.4 Å². The fourth-order valence-electron chi connectivity index (χ4n) is 2.38. The highest BCUT2D eigenvalue weighted by atomic mass is 79.9. The van der Waals surface area contributed by atoms with Crippen molar-refractivity contribution in [1.29, 1.82) is 0 Å². The molecule has 0 spiro atoms. The largest absolute Gasteiger partial charge is 0.330 e. The molecule has 0 aliphatic rings. The number of nitrogens with zero attached hydrogens (tertiary/aromatic N) is 4. The van der Waals surface area contributed by atoms with E-state index in [0.29, 0.717) is 6.54 Å². The minimum atomic E-state index is 0.270. The van der Waals surface area contributed by atoms with Crippen LogP contribution in [-0.2, 0) is 0 Å². The third kappa shape index (κ3) is 2.96. The van der Waals surface area contributed by atoms with E-state index in [1.165, 1.54) is 0 Å². The lowest BCUT2D eigenvalue weighted by atomic mass is 10.1. The SMILES string of the molecule is CCN(CC)C(CCN)c1ccn2ncc(Br)c2n1. The van der Waals surface area contributed by atoms with Gasteiger partial charge in [0.25, 0.3) is 0 Å². The lowest BCUT2D eigenvalue weighted by Gasteiger charge is -2.28. The van der Waals surface area contributed by atoms with E-state index in [4.69, 9.17) is 10.7 Å². The van der Waals surface area contributed by atoms with Crippen molar-refractivity contribution in [3.63, 3.8) is 0 Å². The van der Waals surface area contributed by atoms with Crippen LogP contribution in [0.2, 0.25) is 0 Å². The van der Waals surface area contributed by atoms with Gasteiger partial charge < -0.3 is 5.73 Å². The summed E-state index contributed by atoms with van der Waals surface area (Å²) in [6.07, 6.45) is 4.63. The number of nitrogens with two attached hydrogens (primary N) is 1. The highest BCUT2D eigenvalue weighted by molar-refractivity contribution is 9.10. The first-order valence-corrected chi connectivity index (χ1v) is 7.44.